The molecule has 0 aliphatic carbocycles. The minimum absolute atomic E-state index is 0.243. The average Bonchev–Trinajstić information content (AvgIpc) is 3.02. The van der Waals surface area contributed by atoms with Crippen molar-refractivity contribution in [1.82, 2.24) is 15.5 Å². The normalized spacial score (nSPS) is 38.0. The minimum atomic E-state index is 0.243. The fraction of sp³-hybridized carbons (Fsp3) is 0.929. The van der Waals surface area contributed by atoms with Crippen LogP contribution in [0.1, 0.15) is 44.9 Å². The summed E-state index contributed by atoms with van der Waals surface area (Å²) in [5.41, 5.74) is 0. The molecule has 0 radical (unpaired) electrons. The number of rotatable bonds is 3. The van der Waals surface area contributed by atoms with E-state index < -0.39 is 0 Å². The van der Waals surface area contributed by atoms with Gasteiger partial charge in [0.2, 0.25) is 5.91 Å². The number of nitrogens with one attached hydrogen (secondary N) is 2. The van der Waals surface area contributed by atoms with Gasteiger partial charge in [-0.1, -0.05) is 6.42 Å². The van der Waals surface area contributed by atoms with Crippen molar-refractivity contribution in [2.24, 2.45) is 0 Å². The minimum Gasteiger partial charge on any atom is -0.352 e. The fourth-order valence-corrected chi connectivity index (χ4v) is 3.84. The molecule has 3 heterocycles. The number of carbonyl (C=O) groups is 1. The highest BCUT2D eigenvalue weighted by Crippen LogP contribution is 2.25. The Morgan fingerprint density at radius 3 is 2.83 bits per heavy atom. The van der Waals surface area contributed by atoms with Crippen LogP contribution in [-0.2, 0) is 4.79 Å². The number of likely N-dealkylation sites (tertiary alicyclic amines) is 1. The number of piperidine rings is 1. The van der Waals surface area contributed by atoms with Crippen molar-refractivity contribution in [2.75, 3.05) is 19.6 Å². The van der Waals surface area contributed by atoms with Gasteiger partial charge in [0.15, 0.2) is 0 Å². The maximum absolute atomic E-state index is 11.3. The molecule has 18 heavy (non-hydrogen) atoms. The number of carbonyl (C=O) groups excluding carboxylic acids is 1. The second kappa shape index (κ2) is 5.57. The lowest BCUT2D eigenvalue weighted by Gasteiger charge is -2.40. The molecule has 3 fully saturated rings. The molecule has 2 N–H and O–H groups in total. The van der Waals surface area contributed by atoms with Gasteiger partial charge in [0, 0.05) is 31.1 Å². The van der Waals surface area contributed by atoms with Crippen LogP contribution in [0.4, 0.5) is 0 Å². The van der Waals surface area contributed by atoms with E-state index in [1.165, 1.54) is 45.2 Å². The first kappa shape index (κ1) is 12.4. The Hall–Kier alpha value is -0.610. The number of amides is 1. The summed E-state index contributed by atoms with van der Waals surface area (Å²) in [6.07, 6.45) is 8.44. The topological polar surface area (TPSA) is 44.4 Å². The highest BCUT2D eigenvalue weighted by Gasteiger charge is 2.33. The van der Waals surface area contributed by atoms with Crippen molar-refractivity contribution in [1.29, 1.82) is 0 Å². The van der Waals surface area contributed by atoms with Crippen LogP contribution in [0.5, 0.6) is 0 Å². The van der Waals surface area contributed by atoms with Crippen LogP contribution in [0, 0.1) is 0 Å². The fourth-order valence-electron chi connectivity index (χ4n) is 3.84. The summed E-state index contributed by atoms with van der Waals surface area (Å²) in [5.74, 6) is 0.243. The Kier molecular flexibility index (Phi) is 3.85. The van der Waals surface area contributed by atoms with E-state index in [0.29, 0.717) is 18.1 Å². The second-order valence-corrected chi connectivity index (χ2v) is 6.06. The van der Waals surface area contributed by atoms with Crippen LogP contribution in [0.2, 0.25) is 0 Å². The third kappa shape index (κ3) is 2.69. The molecule has 0 aromatic rings. The van der Waals surface area contributed by atoms with Gasteiger partial charge in [-0.05, 0) is 45.2 Å². The van der Waals surface area contributed by atoms with E-state index in [1.54, 1.807) is 0 Å². The average molecular weight is 251 g/mol. The SMILES string of the molecule is O=C1CCC(CN2CCCCC2C2CCCN2)N1. The third-order valence-corrected chi connectivity index (χ3v) is 4.77. The lowest BCUT2D eigenvalue weighted by Crippen LogP contribution is -2.53. The van der Waals surface area contributed by atoms with Crippen molar-refractivity contribution >= 4 is 5.91 Å². The first-order chi connectivity index (χ1) is 8.83. The molecule has 0 aromatic heterocycles. The van der Waals surface area contributed by atoms with E-state index in [1.807, 2.05) is 0 Å². The number of hydrogen-bond donors (Lipinski definition) is 2. The molecular weight excluding hydrogens is 226 g/mol. The van der Waals surface area contributed by atoms with Gasteiger partial charge in [0.25, 0.3) is 0 Å². The molecule has 0 spiro atoms. The quantitative estimate of drug-likeness (QED) is 0.782. The lowest BCUT2D eigenvalue weighted by atomic mass is 9.94. The van der Waals surface area contributed by atoms with Crippen molar-refractivity contribution in [3.05, 3.63) is 0 Å². The summed E-state index contributed by atoms with van der Waals surface area (Å²) in [7, 11) is 0. The monoisotopic (exact) mass is 251 g/mol. The van der Waals surface area contributed by atoms with Crippen LogP contribution in [0.3, 0.4) is 0 Å². The molecule has 3 saturated heterocycles. The molecule has 3 rings (SSSR count). The number of hydrogen-bond acceptors (Lipinski definition) is 3. The molecule has 1 amide bonds. The molecule has 4 heteroatoms. The molecule has 3 aliphatic heterocycles. The molecule has 3 aliphatic rings. The predicted octanol–water partition coefficient (Wildman–Crippen LogP) is 0.872. The molecule has 4 nitrogen and oxygen atoms in total. The smallest absolute Gasteiger partial charge is 0.220 e. The summed E-state index contributed by atoms with van der Waals surface area (Å²) in [5, 5.41) is 6.77. The van der Waals surface area contributed by atoms with Crippen molar-refractivity contribution in [3.63, 3.8) is 0 Å². The molecule has 3 atom stereocenters. The van der Waals surface area contributed by atoms with Crippen LogP contribution in [0.25, 0.3) is 0 Å². The van der Waals surface area contributed by atoms with Crippen molar-refractivity contribution in [3.8, 4) is 0 Å². The molecule has 0 bridgehead atoms. The van der Waals surface area contributed by atoms with E-state index in [9.17, 15) is 4.79 Å². The van der Waals surface area contributed by atoms with E-state index in [4.69, 9.17) is 0 Å². The van der Waals surface area contributed by atoms with Crippen LogP contribution >= 0.6 is 0 Å². The first-order valence-corrected chi connectivity index (χ1v) is 7.60. The highest BCUT2D eigenvalue weighted by molar-refractivity contribution is 5.78. The molecule has 3 unspecified atom stereocenters. The largest absolute Gasteiger partial charge is 0.352 e. The highest BCUT2D eigenvalue weighted by atomic mass is 16.1. The zero-order valence-electron chi connectivity index (χ0n) is 11.2. The Morgan fingerprint density at radius 2 is 2.11 bits per heavy atom. The summed E-state index contributed by atoms with van der Waals surface area (Å²) >= 11 is 0. The summed E-state index contributed by atoms with van der Waals surface area (Å²) in [4.78, 5) is 13.9. The van der Waals surface area contributed by atoms with Gasteiger partial charge in [-0.25, -0.2) is 0 Å². The van der Waals surface area contributed by atoms with Gasteiger partial charge >= 0.3 is 0 Å². The van der Waals surface area contributed by atoms with Crippen molar-refractivity contribution in [2.45, 2.75) is 63.1 Å². The van der Waals surface area contributed by atoms with Gasteiger partial charge in [-0.2, -0.15) is 0 Å². The Labute approximate surface area is 109 Å². The van der Waals surface area contributed by atoms with Crippen LogP contribution in [0.15, 0.2) is 0 Å². The number of nitrogens with zero attached hydrogens (tertiary/aromatic N) is 1. The van der Waals surface area contributed by atoms with Crippen molar-refractivity contribution < 1.29 is 4.79 Å². The lowest BCUT2D eigenvalue weighted by molar-refractivity contribution is -0.119. The second-order valence-electron chi connectivity index (χ2n) is 6.06. The maximum atomic E-state index is 11.3. The van der Waals surface area contributed by atoms with E-state index in [-0.39, 0.29) is 5.91 Å². The zero-order chi connectivity index (χ0) is 12.4. The van der Waals surface area contributed by atoms with E-state index >= 15 is 0 Å². The van der Waals surface area contributed by atoms with Crippen LogP contribution < -0.4 is 10.6 Å². The molecule has 0 saturated carbocycles. The third-order valence-electron chi connectivity index (χ3n) is 4.77. The molecular formula is C14H25N3O. The summed E-state index contributed by atoms with van der Waals surface area (Å²) in [6.45, 7) is 3.47. The first-order valence-electron chi connectivity index (χ1n) is 7.60. The van der Waals surface area contributed by atoms with Gasteiger partial charge in [-0.15, -0.1) is 0 Å². The van der Waals surface area contributed by atoms with Gasteiger partial charge in [0.05, 0.1) is 0 Å². The predicted molar refractivity (Wildman–Crippen MR) is 71.4 cm³/mol. The van der Waals surface area contributed by atoms with Crippen LogP contribution in [-0.4, -0.2) is 48.6 Å². The van der Waals surface area contributed by atoms with Gasteiger partial charge in [0.1, 0.15) is 0 Å². The standard InChI is InChI=1S/C14H25N3O/c18-14-7-6-11(16-14)10-17-9-2-1-5-13(17)12-4-3-8-15-12/h11-13,15H,1-10H2,(H,16,18). The Morgan fingerprint density at radius 1 is 1.17 bits per heavy atom. The van der Waals surface area contributed by atoms with Gasteiger partial charge < -0.3 is 10.6 Å². The van der Waals surface area contributed by atoms with Gasteiger partial charge in [-0.3, -0.25) is 9.69 Å². The van der Waals surface area contributed by atoms with E-state index in [0.717, 1.165) is 19.4 Å². The van der Waals surface area contributed by atoms with E-state index in [2.05, 4.69) is 15.5 Å². The Balaban J connectivity index is 1.58. The summed E-state index contributed by atoms with van der Waals surface area (Å²) < 4.78 is 0. The maximum Gasteiger partial charge on any atom is 0.220 e. The summed E-state index contributed by atoms with van der Waals surface area (Å²) in [6, 6.07) is 1.81. The molecule has 102 valence electrons. The molecule has 0 aromatic carbocycles. The zero-order valence-corrected chi connectivity index (χ0v) is 11.2. The Bertz CT molecular complexity index is 301.